The summed E-state index contributed by atoms with van der Waals surface area (Å²) < 4.78 is 7.08. The Kier molecular flexibility index (Phi) is 6.43. The van der Waals surface area contributed by atoms with Gasteiger partial charge in [0.2, 0.25) is 0 Å². The van der Waals surface area contributed by atoms with Gasteiger partial charge in [0.1, 0.15) is 0 Å². The minimum Gasteiger partial charge on any atom is -0.380 e. The zero-order chi connectivity index (χ0) is 13.4. The fourth-order valence-electron chi connectivity index (χ4n) is 1.48. The zero-order valence-corrected chi connectivity index (χ0v) is 11.5. The summed E-state index contributed by atoms with van der Waals surface area (Å²) in [6.45, 7) is 8.89. The molecule has 0 radical (unpaired) electrons. The minimum absolute atomic E-state index is 0.0813. The van der Waals surface area contributed by atoms with Crippen LogP contribution in [-0.4, -0.2) is 29.3 Å². The maximum absolute atomic E-state index is 11.8. The molecule has 0 saturated heterocycles. The number of rotatable bonds is 8. The van der Waals surface area contributed by atoms with Gasteiger partial charge < -0.3 is 14.6 Å². The van der Waals surface area contributed by atoms with Gasteiger partial charge in [-0.2, -0.15) is 0 Å². The molecule has 0 saturated carbocycles. The van der Waals surface area contributed by atoms with E-state index in [0.717, 1.165) is 13.0 Å². The molecule has 1 N–H and O–H groups in total. The normalized spacial score (nSPS) is 10.9. The van der Waals surface area contributed by atoms with Crippen LogP contribution in [0, 0.1) is 5.92 Å². The first-order valence-corrected chi connectivity index (χ1v) is 6.52. The molecule has 0 unspecified atom stereocenters. The van der Waals surface area contributed by atoms with E-state index in [1.54, 1.807) is 17.0 Å². The summed E-state index contributed by atoms with van der Waals surface area (Å²) in [5.41, 5.74) is -0.0813. The topological polar surface area (TPSA) is 56.1 Å². The van der Waals surface area contributed by atoms with Crippen LogP contribution in [0.3, 0.4) is 0 Å². The summed E-state index contributed by atoms with van der Waals surface area (Å²) in [5, 5.41) is 3.01. The zero-order valence-electron chi connectivity index (χ0n) is 11.5. The van der Waals surface area contributed by atoms with Crippen molar-refractivity contribution in [1.29, 1.82) is 0 Å². The molecule has 0 aliphatic heterocycles. The number of hydrogen-bond acceptors (Lipinski definition) is 4. The first-order valence-electron chi connectivity index (χ1n) is 6.52. The molecule has 102 valence electrons. The van der Waals surface area contributed by atoms with Gasteiger partial charge in [-0.1, -0.05) is 13.8 Å². The second-order valence-electron chi connectivity index (χ2n) is 4.59. The molecule has 5 heteroatoms. The predicted molar refractivity (Wildman–Crippen MR) is 72.9 cm³/mol. The molecular formula is C13H23N3O2. The van der Waals surface area contributed by atoms with Crippen LogP contribution in [0.4, 0.5) is 5.82 Å². The largest absolute Gasteiger partial charge is 0.380 e. The molecule has 1 aromatic heterocycles. The third-order valence-electron chi connectivity index (χ3n) is 2.63. The molecule has 1 heterocycles. The Hall–Kier alpha value is -1.36. The van der Waals surface area contributed by atoms with Crippen LogP contribution >= 0.6 is 0 Å². The lowest BCUT2D eigenvalue weighted by Crippen LogP contribution is -2.25. The molecular weight excluding hydrogens is 230 g/mol. The first kappa shape index (κ1) is 14.7. The Morgan fingerprint density at radius 3 is 2.89 bits per heavy atom. The van der Waals surface area contributed by atoms with Gasteiger partial charge in [0.25, 0.3) is 5.56 Å². The smallest absolute Gasteiger partial charge is 0.293 e. The highest BCUT2D eigenvalue weighted by Crippen LogP contribution is 1.98. The van der Waals surface area contributed by atoms with E-state index >= 15 is 0 Å². The number of nitrogens with zero attached hydrogens (tertiary/aromatic N) is 2. The number of hydrogen-bond donors (Lipinski definition) is 1. The lowest BCUT2D eigenvalue weighted by molar-refractivity contribution is 0.132. The van der Waals surface area contributed by atoms with Crippen molar-refractivity contribution in [2.45, 2.75) is 33.7 Å². The van der Waals surface area contributed by atoms with Crippen molar-refractivity contribution in [2.75, 3.05) is 25.1 Å². The van der Waals surface area contributed by atoms with Gasteiger partial charge in [0.05, 0.1) is 6.61 Å². The van der Waals surface area contributed by atoms with Gasteiger partial charge in [-0.3, -0.25) is 4.79 Å². The van der Waals surface area contributed by atoms with E-state index in [-0.39, 0.29) is 5.56 Å². The average Bonchev–Trinajstić information content (AvgIpc) is 2.35. The van der Waals surface area contributed by atoms with Crippen LogP contribution in [0.15, 0.2) is 17.2 Å². The minimum atomic E-state index is -0.0813. The highest BCUT2D eigenvalue weighted by Gasteiger charge is 2.02. The Bertz CT molecular complexity index is 401. The van der Waals surface area contributed by atoms with Gasteiger partial charge in [0.15, 0.2) is 5.82 Å². The summed E-state index contributed by atoms with van der Waals surface area (Å²) in [4.78, 5) is 15.8. The first-order chi connectivity index (χ1) is 8.65. The van der Waals surface area contributed by atoms with Crippen LogP contribution in [0.5, 0.6) is 0 Å². The summed E-state index contributed by atoms with van der Waals surface area (Å²) in [7, 11) is 0. The standard InChI is InChI=1S/C13H23N3O2/c1-4-16-8-6-14-12(13(16)17)15-7-10-18-9-5-11(2)3/h6,8,11H,4-5,7,9-10H2,1-3H3,(H,14,15). The molecule has 0 aliphatic carbocycles. The average molecular weight is 253 g/mol. The van der Waals surface area contributed by atoms with Crippen LogP contribution in [0.1, 0.15) is 27.2 Å². The lowest BCUT2D eigenvalue weighted by atomic mass is 10.1. The summed E-state index contributed by atoms with van der Waals surface area (Å²) in [6, 6.07) is 0. The number of aryl methyl sites for hydroxylation is 1. The molecule has 18 heavy (non-hydrogen) atoms. The van der Waals surface area contributed by atoms with Crippen LogP contribution in [-0.2, 0) is 11.3 Å². The fraction of sp³-hybridized carbons (Fsp3) is 0.692. The molecule has 0 spiro atoms. The molecule has 0 aliphatic rings. The van der Waals surface area contributed by atoms with Crippen LogP contribution in [0.25, 0.3) is 0 Å². The number of ether oxygens (including phenoxy) is 1. The molecule has 0 amide bonds. The van der Waals surface area contributed by atoms with Gasteiger partial charge in [0, 0.05) is 32.1 Å². The molecule has 0 atom stereocenters. The molecule has 0 aromatic carbocycles. The van der Waals surface area contributed by atoms with E-state index in [1.807, 2.05) is 6.92 Å². The third kappa shape index (κ3) is 4.87. The summed E-state index contributed by atoms with van der Waals surface area (Å²) >= 11 is 0. The molecule has 1 aromatic rings. The fourth-order valence-corrected chi connectivity index (χ4v) is 1.48. The molecule has 0 fully saturated rings. The molecule has 1 rings (SSSR count). The Morgan fingerprint density at radius 2 is 2.22 bits per heavy atom. The number of aromatic nitrogens is 2. The van der Waals surface area contributed by atoms with Crippen molar-refractivity contribution in [1.82, 2.24) is 9.55 Å². The van der Waals surface area contributed by atoms with Crippen molar-refractivity contribution >= 4 is 5.82 Å². The monoisotopic (exact) mass is 253 g/mol. The van der Waals surface area contributed by atoms with Crippen molar-refractivity contribution in [2.24, 2.45) is 5.92 Å². The van der Waals surface area contributed by atoms with E-state index in [9.17, 15) is 4.79 Å². The summed E-state index contributed by atoms with van der Waals surface area (Å²) in [6.07, 6.45) is 4.38. The Balaban J connectivity index is 2.29. The maximum Gasteiger partial charge on any atom is 0.293 e. The van der Waals surface area contributed by atoms with Gasteiger partial charge in [-0.25, -0.2) is 4.98 Å². The van der Waals surface area contributed by atoms with Crippen LogP contribution < -0.4 is 10.9 Å². The summed E-state index contributed by atoms with van der Waals surface area (Å²) in [5.74, 6) is 1.05. The van der Waals surface area contributed by atoms with Crippen molar-refractivity contribution < 1.29 is 4.74 Å². The van der Waals surface area contributed by atoms with Crippen molar-refractivity contribution in [3.8, 4) is 0 Å². The van der Waals surface area contributed by atoms with E-state index < -0.39 is 0 Å². The van der Waals surface area contributed by atoms with Gasteiger partial charge in [-0.15, -0.1) is 0 Å². The predicted octanol–water partition coefficient (Wildman–Crippen LogP) is 1.74. The quantitative estimate of drug-likeness (QED) is 0.717. The van der Waals surface area contributed by atoms with Crippen molar-refractivity contribution in [3.63, 3.8) is 0 Å². The van der Waals surface area contributed by atoms with Crippen molar-refractivity contribution in [3.05, 3.63) is 22.7 Å². The SMILES string of the molecule is CCn1ccnc(NCCOCCC(C)C)c1=O. The highest BCUT2D eigenvalue weighted by atomic mass is 16.5. The third-order valence-corrected chi connectivity index (χ3v) is 2.63. The van der Waals surface area contributed by atoms with E-state index in [1.165, 1.54) is 0 Å². The van der Waals surface area contributed by atoms with Crippen LogP contribution in [0.2, 0.25) is 0 Å². The second kappa shape index (κ2) is 7.87. The molecule has 5 nitrogen and oxygen atoms in total. The molecule has 0 bridgehead atoms. The van der Waals surface area contributed by atoms with E-state index in [4.69, 9.17) is 4.74 Å². The number of nitrogens with one attached hydrogen (secondary N) is 1. The maximum atomic E-state index is 11.8. The van der Waals surface area contributed by atoms with Gasteiger partial charge >= 0.3 is 0 Å². The Labute approximate surface area is 108 Å². The second-order valence-corrected chi connectivity index (χ2v) is 4.59. The highest BCUT2D eigenvalue weighted by molar-refractivity contribution is 5.30. The van der Waals surface area contributed by atoms with E-state index in [2.05, 4.69) is 24.1 Å². The number of anilines is 1. The Morgan fingerprint density at radius 1 is 1.44 bits per heavy atom. The van der Waals surface area contributed by atoms with E-state index in [0.29, 0.717) is 31.4 Å². The lowest BCUT2D eigenvalue weighted by Gasteiger charge is -2.08. The van der Waals surface area contributed by atoms with Gasteiger partial charge in [-0.05, 0) is 19.3 Å².